The minimum atomic E-state index is 0.270. The van der Waals surface area contributed by atoms with E-state index in [-0.39, 0.29) is 6.04 Å². The molecule has 1 unspecified atom stereocenters. The fourth-order valence-electron chi connectivity index (χ4n) is 2.15. The van der Waals surface area contributed by atoms with Gasteiger partial charge in [0.2, 0.25) is 0 Å². The highest BCUT2D eigenvalue weighted by molar-refractivity contribution is 7.10. The maximum Gasteiger partial charge on any atom is 0.0841 e. The molecule has 1 atom stereocenters. The van der Waals surface area contributed by atoms with Gasteiger partial charge >= 0.3 is 0 Å². The van der Waals surface area contributed by atoms with Crippen LogP contribution >= 0.6 is 11.3 Å². The van der Waals surface area contributed by atoms with Gasteiger partial charge in [0, 0.05) is 11.4 Å². The summed E-state index contributed by atoms with van der Waals surface area (Å²) >= 11 is 1.80. The molecule has 0 amide bonds. The van der Waals surface area contributed by atoms with E-state index in [1.165, 1.54) is 10.6 Å². The summed E-state index contributed by atoms with van der Waals surface area (Å²) in [7, 11) is 0. The molecule has 0 spiro atoms. The van der Waals surface area contributed by atoms with Crippen LogP contribution in [0.5, 0.6) is 0 Å². The fourth-order valence-corrected chi connectivity index (χ4v) is 2.96. The largest absolute Gasteiger partial charge is 0.304 e. The van der Waals surface area contributed by atoms with Crippen LogP contribution in [0.4, 0.5) is 0 Å². The van der Waals surface area contributed by atoms with Gasteiger partial charge in [0.05, 0.1) is 17.4 Å². The summed E-state index contributed by atoms with van der Waals surface area (Å²) in [6.45, 7) is 8.33. The predicted molar refractivity (Wildman–Crippen MR) is 77.1 cm³/mol. The molecule has 2 aromatic heterocycles. The third kappa shape index (κ3) is 2.82. The van der Waals surface area contributed by atoms with E-state index in [4.69, 9.17) is 0 Å². The number of nitrogens with one attached hydrogen (secondary N) is 1. The van der Waals surface area contributed by atoms with Crippen LogP contribution in [-0.4, -0.2) is 16.3 Å². The Morgan fingerprint density at radius 2 is 2.28 bits per heavy atom. The molecule has 18 heavy (non-hydrogen) atoms. The Morgan fingerprint density at radius 1 is 1.44 bits per heavy atom. The van der Waals surface area contributed by atoms with Crippen molar-refractivity contribution in [3.8, 4) is 0 Å². The first kappa shape index (κ1) is 13.3. The van der Waals surface area contributed by atoms with Crippen LogP contribution in [-0.2, 0) is 6.54 Å². The molecular formula is C14H21N3S. The van der Waals surface area contributed by atoms with E-state index in [2.05, 4.69) is 59.4 Å². The summed E-state index contributed by atoms with van der Waals surface area (Å²) in [4.78, 5) is 1.36. The van der Waals surface area contributed by atoms with E-state index in [9.17, 15) is 0 Å². The first-order chi connectivity index (χ1) is 8.76. The normalized spacial score (nSPS) is 12.8. The molecule has 2 rings (SSSR count). The van der Waals surface area contributed by atoms with E-state index < -0.39 is 0 Å². The maximum atomic E-state index is 4.55. The zero-order valence-corrected chi connectivity index (χ0v) is 12.1. The summed E-state index contributed by atoms with van der Waals surface area (Å²) < 4.78 is 2.10. The summed E-state index contributed by atoms with van der Waals surface area (Å²) in [5.74, 6) is 0. The minimum Gasteiger partial charge on any atom is -0.304 e. The summed E-state index contributed by atoms with van der Waals surface area (Å²) in [5.41, 5.74) is 2.36. The number of aromatic nitrogens is 2. The molecule has 98 valence electrons. The van der Waals surface area contributed by atoms with Gasteiger partial charge < -0.3 is 5.32 Å². The average Bonchev–Trinajstić information content (AvgIpc) is 2.99. The molecule has 2 heterocycles. The highest BCUT2D eigenvalue weighted by atomic mass is 32.1. The number of thiophene rings is 1. The Morgan fingerprint density at radius 3 is 2.89 bits per heavy atom. The number of hydrogen-bond donors (Lipinski definition) is 1. The molecular weight excluding hydrogens is 242 g/mol. The molecule has 0 saturated heterocycles. The molecule has 1 N–H and O–H groups in total. The lowest BCUT2D eigenvalue weighted by molar-refractivity contribution is 0.533. The van der Waals surface area contributed by atoms with E-state index >= 15 is 0 Å². The molecule has 0 saturated carbocycles. The molecule has 4 heteroatoms. The first-order valence-electron chi connectivity index (χ1n) is 6.57. The van der Waals surface area contributed by atoms with Crippen molar-refractivity contribution in [1.29, 1.82) is 0 Å². The zero-order valence-electron chi connectivity index (χ0n) is 11.3. The SMILES string of the molecule is CCCNC(c1cccs1)c1cc(C)nn1CC. The predicted octanol–water partition coefficient (Wildman–Crippen LogP) is 3.36. The quantitative estimate of drug-likeness (QED) is 0.866. The lowest BCUT2D eigenvalue weighted by Crippen LogP contribution is -2.25. The van der Waals surface area contributed by atoms with Crippen LogP contribution in [0.2, 0.25) is 0 Å². The summed E-state index contributed by atoms with van der Waals surface area (Å²) in [6, 6.07) is 6.77. The first-order valence-corrected chi connectivity index (χ1v) is 7.45. The van der Waals surface area contributed by atoms with Gasteiger partial charge in [0.25, 0.3) is 0 Å². The van der Waals surface area contributed by atoms with Gasteiger partial charge in [0.15, 0.2) is 0 Å². The van der Waals surface area contributed by atoms with E-state index in [1.54, 1.807) is 11.3 Å². The molecule has 0 fully saturated rings. The average molecular weight is 263 g/mol. The standard InChI is InChI=1S/C14H21N3S/c1-4-8-15-14(13-7-6-9-18-13)12-10-11(3)16-17(12)5-2/h6-7,9-10,14-15H,4-5,8H2,1-3H3. The van der Waals surface area contributed by atoms with Crippen molar-refractivity contribution in [1.82, 2.24) is 15.1 Å². The molecule has 2 aromatic rings. The maximum absolute atomic E-state index is 4.55. The topological polar surface area (TPSA) is 29.9 Å². The van der Waals surface area contributed by atoms with Gasteiger partial charge in [-0.1, -0.05) is 13.0 Å². The molecule has 0 aromatic carbocycles. The van der Waals surface area contributed by atoms with Crippen molar-refractivity contribution in [2.24, 2.45) is 0 Å². The Hall–Kier alpha value is -1.13. The van der Waals surface area contributed by atoms with Gasteiger partial charge in [-0.2, -0.15) is 5.10 Å². The van der Waals surface area contributed by atoms with Crippen molar-refractivity contribution in [2.75, 3.05) is 6.54 Å². The second kappa shape index (κ2) is 6.16. The Bertz CT molecular complexity index is 473. The van der Waals surface area contributed by atoms with E-state index in [0.717, 1.165) is 25.2 Å². The Balaban J connectivity index is 2.33. The van der Waals surface area contributed by atoms with Gasteiger partial charge in [-0.05, 0) is 44.3 Å². The third-order valence-electron chi connectivity index (χ3n) is 2.95. The third-order valence-corrected chi connectivity index (χ3v) is 3.89. The number of hydrogen-bond acceptors (Lipinski definition) is 3. The van der Waals surface area contributed by atoms with Gasteiger partial charge in [0.1, 0.15) is 0 Å². The van der Waals surface area contributed by atoms with Crippen molar-refractivity contribution in [2.45, 2.75) is 39.8 Å². The monoisotopic (exact) mass is 263 g/mol. The van der Waals surface area contributed by atoms with Crippen LogP contribution in [0.25, 0.3) is 0 Å². The van der Waals surface area contributed by atoms with Gasteiger partial charge in [-0.15, -0.1) is 11.3 Å². The number of aryl methyl sites for hydroxylation is 2. The van der Waals surface area contributed by atoms with Crippen molar-refractivity contribution >= 4 is 11.3 Å². The zero-order chi connectivity index (χ0) is 13.0. The van der Waals surface area contributed by atoms with Crippen LogP contribution in [0.1, 0.15) is 42.6 Å². The van der Waals surface area contributed by atoms with Crippen LogP contribution < -0.4 is 5.32 Å². The Kier molecular flexibility index (Phi) is 4.55. The highest BCUT2D eigenvalue weighted by Crippen LogP contribution is 2.26. The molecule has 0 aliphatic carbocycles. The van der Waals surface area contributed by atoms with Gasteiger partial charge in [-0.3, -0.25) is 4.68 Å². The van der Waals surface area contributed by atoms with Gasteiger partial charge in [-0.25, -0.2) is 0 Å². The second-order valence-corrected chi connectivity index (χ2v) is 5.41. The highest BCUT2D eigenvalue weighted by Gasteiger charge is 2.19. The second-order valence-electron chi connectivity index (χ2n) is 4.43. The molecule has 0 bridgehead atoms. The van der Waals surface area contributed by atoms with Crippen LogP contribution in [0.3, 0.4) is 0 Å². The molecule has 3 nitrogen and oxygen atoms in total. The van der Waals surface area contributed by atoms with Crippen molar-refractivity contribution in [3.05, 3.63) is 39.8 Å². The summed E-state index contributed by atoms with van der Waals surface area (Å²) in [6.07, 6.45) is 1.14. The number of rotatable bonds is 6. The van der Waals surface area contributed by atoms with Crippen molar-refractivity contribution < 1.29 is 0 Å². The molecule has 0 radical (unpaired) electrons. The van der Waals surface area contributed by atoms with E-state index in [0.29, 0.717) is 0 Å². The summed E-state index contributed by atoms with van der Waals surface area (Å²) in [5, 5.41) is 10.3. The van der Waals surface area contributed by atoms with Crippen molar-refractivity contribution in [3.63, 3.8) is 0 Å². The minimum absolute atomic E-state index is 0.270. The lowest BCUT2D eigenvalue weighted by Gasteiger charge is -2.18. The smallest absolute Gasteiger partial charge is 0.0841 e. The van der Waals surface area contributed by atoms with Crippen LogP contribution in [0.15, 0.2) is 23.6 Å². The van der Waals surface area contributed by atoms with Crippen LogP contribution in [0, 0.1) is 6.92 Å². The Labute approximate surface area is 113 Å². The molecule has 0 aliphatic heterocycles. The number of nitrogens with zero attached hydrogens (tertiary/aromatic N) is 2. The molecule has 0 aliphatic rings. The lowest BCUT2D eigenvalue weighted by atomic mass is 10.1. The fraction of sp³-hybridized carbons (Fsp3) is 0.500. The van der Waals surface area contributed by atoms with E-state index in [1.807, 2.05) is 0 Å².